The number of methoxy groups -OCH3 is 1. The molecule has 0 amide bonds. The number of nitrogens with zero attached hydrogens (tertiary/aromatic N) is 1. The Bertz CT molecular complexity index is 550. The molecule has 1 aromatic heterocycles. The highest BCUT2D eigenvalue weighted by molar-refractivity contribution is 7.91. The zero-order chi connectivity index (χ0) is 15.5. The highest BCUT2D eigenvalue weighted by atomic mass is 32.2. The van der Waals surface area contributed by atoms with Crippen LogP contribution in [0.2, 0.25) is 0 Å². The molecule has 1 aliphatic carbocycles. The standard InChI is InChI=1S/C14H24N2O3S2/c1-11(2)16(6-7-19-3)21(17,18)14-8-12(10-20-14)9-15-13-4-5-13/h8,10-11,13,15H,4-7,9H2,1-3H3. The van der Waals surface area contributed by atoms with Crippen LogP contribution in [-0.2, 0) is 21.3 Å². The van der Waals surface area contributed by atoms with Gasteiger partial charge in [0, 0.05) is 32.3 Å². The third-order valence-electron chi connectivity index (χ3n) is 3.46. The molecule has 120 valence electrons. The van der Waals surface area contributed by atoms with Crippen LogP contribution in [0.15, 0.2) is 15.7 Å². The van der Waals surface area contributed by atoms with Crippen LogP contribution in [0.1, 0.15) is 32.3 Å². The van der Waals surface area contributed by atoms with Crippen molar-refractivity contribution in [3.63, 3.8) is 0 Å². The molecule has 0 saturated heterocycles. The first-order valence-electron chi connectivity index (χ1n) is 7.26. The lowest BCUT2D eigenvalue weighted by atomic mass is 10.3. The minimum absolute atomic E-state index is 0.0831. The van der Waals surface area contributed by atoms with Gasteiger partial charge >= 0.3 is 0 Å². The maximum Gasteiger partial charge on any atom is 0.252 e. The minimum Gasteiger partial charge on any atom is -0.383 e. The average Bonchev–Trinajstić information content (AvgIpc) is 3.12. The number of hydrogen-bond donors (Lipinski definition) is 1. The molecule has 0 aromatic carbocycles. The Morgan fingerprint density at radius 2 is 2.19 bits per heavy atom. The van der Waals surface area contributed by atoms with Gasteiger partial charge in [-0.1, -0.05) is 0 Å². The molecular weight excluding hydrogens is 308 g/mol. The van der Waals surface area contributed by atoms with Crippen LogP contribution in [0.25, 0.3) is 0 Å². The summed E-state index contributed by atoms with van der Waals surface area (Å²) < 4.78 is 32.3. The second-order valence-electron chi connectivity index (χ2n) is 5.63. The Morgan fingerprint density at radius 3 is 2.76 bits per heavy atom. The van der Waals surface area contributed by atoms with Gasteiger partial charge < -0.3 is 10.1 Å². The molecule has 0 aliphatic heterocycles. The van der Waals surface area contributed by atoms with E-state index in [0.29, 0.717) is 23.4 Å². The minimum atomic E-state index is -3.43. The second-order valence-corrected chi connectivity index (χ2v) is 8.66. The van der Waals surface area contributed by atoms with Crippen molar-refractivity contribution in [1.29, 1.82) is 0 Å². The summed E-state index contributed by atoms with van der Waals surface area (Å²) in [5.74, 6) is 0. The molecule has 1 saturated carbocycles. The average molecular weight is 332 g/mol. The van der Waals surface area contributed by atoms with E-state index in [1.807, 2.05) is 19.2 Å². The molecule has 2 rings (SSSR count). The van der Waals surface area contributed by atoms with Gasteiger partial charge in [0.15, 0.2) is 0 Å². The van der Waals surface area contributed by atoms with Crippen LogP contribution in [0.5, 0.6) is 0 Å². The second kappa shape index (κ2) is 7.19. The summed E-state index contributed by atoms with van der Waals surface area (Å²) in [6, 6.07) is 2.33. The summed E-state index contributed by atoms with van der Waals surface area (Å²) in [7, 11) is -1.85. The third-order valence-corrected chi connectivity index (χ3v) is 7.00. The SMILES string of the molecule is COCCN(C(C)C)S(=O)(=O)c1cc(CNC2CC2)cs1. The van der Waals surface area contributed by atoms with Crippen LogP contribution >= 0.6 is 11.3 Å². The van der Waals surface area contributed by atoms with Gasteiger partial charge in [-0.15, -0.1) is 11.3 Å². The van der Waals surface area contributed by atoms with E-state index in [1.165, 1.54) is 28.5 Å². The summed E-state index contributed by atoms with van der Waals surface area (Å²) in [4.78, 5) is 0. The number of ether oxygens (including phenoxy) is 1. The quantitative estimate of drug-likeness (QED) is 0.752. The fourth-order valence-electron chi connectivity index (χ4n) is 2.08. The van der Waals surface area contributed by atoms with Gasteiger partial charge in [0.2, 0.25) is 0 Å². The van der Waals surface area contributed by atoms with Crippen LogP contribution in [0.3, 0.4) is 0 Å². The first kappa shape index (κ1) is 16.9. The zero-order valence-electron chi connectivity index (χ0n) is 12.8. The molecule has 0 unspecified atom stereocenters. The van der Waals surface area contributed by atoms with Gasteiger partial charge in [-0.3, -0.25) is 0 Å². The summed E-state index contributed by atoms with van der Waals surface area (Å²) in [6.07, 6.45) is 2.46. The molecule has 21 heavy (non-hydrogen) atoms. The Labute approximate surface area is 131 Å². The molecule has 1 fully saturated rings. The van der Waals surface area contributed by atoms with Crippen molar-refractivity contribution >= 4 is 21.4 Å². The fourth-order valence-corrected chi connectivity index (χ4v) is 5.04. The molecule has 5 nitrogen and oxygen atoms in total. The lowest BCUT2D eigenvalue weighted by molar-refractivity contribution is 0.171. The Hall–Kier alpha value is -0.470. The topological polar surface area (TPSA) is 58.6 Å². The smallest absolute Gasteiger partial charge is 0.252 e. The van der Waals surface area contributed by atoms with Crippen molar-refractivity contribution < 1.29 is 13.2 Å². The van der Waals surface area contributed by atoms with E-state index in [4.69, 9.17) is 4.74 Å². The van der Waals surface area contributed by atoms with E-state index in [0.717, 1.165) is 12.1 Å². The highest BCUT2D eigenvalue weighted by Gasteiger charge is 2.28. The molecule has 1 N–H and O–H groups in total. The summed E-state index contributed by atoms with van der Waals surface area (Å²) >= 11 is 1.30. The summed E-state index contributed by atoms with van der Waals surface area (Å²) in [6.45, 7) is 5.30. The molecule has 0 spiro atoms. The van der Waals surface area contributed by atoms with Crippen molar-refractivity contribution in [1.82, 2.24) is 9.62 Å². The van der Waals surface area contributed by atoms with Gasteiger partial charge in [0.25, 0.3) is 10.0 Å². The molecular formula is C14H24N2O3S2. The summed E-state index contributed by atoms with van der Waals surface area (Å²) in [5.41, 5.74) is 1.04. The van der Waals surface area contributed by atoms with Gasteiger partial charge in [0.05, 0.1) is 6.61 Å². The van der Waals surface area contributed by atoms with E-state index in [2.05, 4.69) is 5.32 Å². The lowest BCUT2D eigenvalue weighted by Crippen LogP contribution is -2.38. The first-order valence-corrected chi connectivity index (χ1v) is 9.58. The van der Waals surface area contributed by atoms with Crippen molar-refractivity contribution in [2.24, 2.45) is 0 Å². The van der Waals surface area contributed by atoms with Gasteiger partial charge in [-0.2, -0.15) is 4.31 Å². The molecule has 1 aromatic rings. The van der Waals surface area contributed by atoms with Crippen molar-refractivity contribution in [3.8, 4) is 0 Å². The molecule has 1 heterocycles. The lowest BCUT2D eigenvalue weighted by Gasteiger charge is -2.24. The van der Waals surface area contributed by atoms with Crippen molar-refractivity contribution in [2.75, 3.05) is 20.3 Å². The van der Waals surface area contributed by atoms with E-state index in [1.54, 1.807) is 13.2 Å². The predicted octanol–water partition coefficient (Wildman–Crippen LogP) is 2.05. The van der Waals surface area contributed by atoms with E-state index in [9.17, 15) is 8.42 Å². The largest absolute Gasteiger partial charge is 0.383 e. The molecule has 0 radical (unpaired) electrons. The molecule has 7 heteroatoms. The Kier molecular flexibility index (Phi) is 5.79. The summed E-state index contributed by atoms with van der Waals surface area (Å²) in [5, 5.41) is 5.33. The van der Waals surface area contributed by atoms with Gasteiger partial charge in [-0.05, 0) is 43.7 Å². The zero-order valence-corrected chi connectivity index (χ0v) is 14.5. The van der Waals surface area contributed by atoms with E-state index < -0.39 is 10.0 Å². The van der Waals surface area contributed by atoms with Gasteiger partial charge in [0.1, 0.15) is 4.21 Å². The van der Waals surface area contributed by atoms with Crippen LogP contribution < -0.4 is 5.32 Å². The number of nitrogens with one attached hydrogen (secondary N) is 1. The molecule has 0 bridgehead atoms. The Morgan fingerprint density at radius 1 is 1.48 bits per heavy atom. The normalized spacial score (nSPS) is 16.0. The first-order chi connectivity index (χ1) is 9.95. The number of sulfonamides is 1. The molecule has 0 atom stereocenters. The predicted molar refractivity (Wildman–Crippen MR) is 85.1 cm³/mol. The highest BCUT2D eigenvalue weighted by Crippen LogP contribution is 2.26. The van der Waals surface area contributed by atoms with Gasteiger partial charge in [-0.25, -0.2) is 8.42 Å². The van der Waals surface area contributed by atoms with Crippen molar-refractivity contribution in [2.45, 2.75) is 49.5 Å². The van der Waals surface area contributed by atoms with E-state index >= 15 is 0 Å². The molecule has 1 aliphatic rings. The van der Waals surface area contributed by atoms with Crippen LogP contribution in [0.4, 0.5) is 0 Å². The number of thiophene rings is 1. The number of hydrogen-bond acceptors (Lipinski definition) is 5. The third kappa shape index (κ3) is 4.50. The van der Waals surface area contributed by atoms with Crippen LogP contribution in [-0.4, -0.2) is 45.1 Å². The van der Waals surface area contributed by atoms with Crippen molar-refractivity contribution in [3.05, 3.63) is 17.0 Å². The monoisotopic (exact) mass is 332 g/mol. The maximum absolute atomic E-state index is 12.7. The van der Waals surface area contributed by atoms with E-state index in [-0.39, 0.29) is 6.04 Å². The Balaban J connectivity index is 2.08. The number of rotatable bonds is 9. The fraction of sp³-hybridized carbons (Fsp3) is 0.714. The maximum atomic E-state index is 12.7. The van der Waals surface area contributed by atoms with Crippen LogP contribution in [0, 0.1) is 0 Å².